The standard InChI is InChI=1S/C17H11ClF2N2O/c1-10-4-2-3-5-12(10)16-21-17(23-22-16)13(18)8-11-6-7-14(19)15(20)9-11/h2-9H,1H3/b13-8-. The van der Waals surface area contributed by atoms with Crippen LogP contribution in [0, 0.1) is 18.6 Å². The molecule has 0 atom stereocenters. The molecule has 6 heteroatoms. The molecule has 0 N–H and O–H groups in total. The fourth-order valence-electron chi connectivity index (χ4n) is 2.06. The van der Waals surface area contributed by atoms with Crippen LogP contribution < -0.4 is 0 Å². The highest BCUT2D eigenvalue weighted by molar-refractivity contribution is 6.50. The van der Waals surface area contributed by atoms with Crippen LogP contribution >= 0.6 is 11.6 Å². The first-order chi connectivity index (χ1) is 11.0. The summed E-state index contributed by atoms with van der Waals surface area (Å²) in [5, 5.41) is 4.04. The van der Waals surface area contributed by atoms with Crippen LogP contribution in [0.5, 0.6) is 0 Å². The zero-order chi connectivity index (χ0) is 16.4. The van der Waals surface area contributed by atoms with E-state index in [-0.39, 0.29) is 10.9 Å². The lowest BCUT2D eigenvalue weighted by atomic mass is 10.1. The van der Waals surface area contributed by atoms with E-state index in [2.05, 4.69) is 10.1 Å². The van der Waals surface area contributed by atoms with Gasteiger partial charge in [0.2, 0.25) is 5.82 Å². The van der Waals surface area contributed by atoms with Crippen molar-refractivity contribution in [2.75, 3.05) is 0 Å². The van der Waals surface area contributed by atoms with Crippen LogP contribution in [0.1, 0.15) is 17.0 Å². The maximum absolute atomic E-state index is 13.2. The van der Waals surface area contributed by atoms with E-state index in [1.807, 2.05) is 31.2 Å². The van der Waals surface area contributed by atoms with Gasteiger partial charge in [-0.3, -0.25) is 0 Å². The zero-order valence-corrected chi connectivity index (χ0v) is 12.8. The van der Waals surface area contributed by atoms with E-state index in [0.29, 0.717) is 11.4 Å². The van der Waals surface area contributed by atoms with Crippen LogP contribution in [0.15, 0.2) is 47.0 Å². The van der Waals surface area contributed by atoms with Crippen molar-refractivity contribution >= 4 is 22.7 Å². The monoisotopic (exact) mass is 332 g/mol. The Balaban J connectivity index is 1.92. The normalized spacial score (nSPS) is 11.7. The van der Waals surface area contributed by atoms with E-state index >= 15 is 0 Å². The molecule has 0 aliphatic rings. The lowest BCUT2D eigenvalue weighted by Crippen LogP contribution is -1.86. The van der Waals surface area contributed by atoms with Crippen molar-refractivity contribution in [3.05, 3.63) is 71.1 Å². The van der Waals surface area contributed by atoms with Crippen molar-refractivity contribution in [3.8, 4) is 11.4 Å². The second kappa shape index (κ2) is 6.30. The van der Waals surface area contributed by atoms with E-state index in [0.717, 1.165) is 23.3 Å². The van der Waals surface area contributed by atoms with Gasteiger partial charge in [-0.05, 0) is 36.3 Å². The number of aryl methyl sites for hydroxylation is 1. The Hall–Kier alpha value is -2.53. The second-order valence-electron chi connectivity index (χ2n) is 4.90. The van der Waals surface area contributed by atoms with Crippen LogP contribution in [0.25, 0.3) is 22.5 Å². The summed E-state index contributed by atoms with van der Waals surface area (Å²) in [5.74, 6) is -1.35. The van der Waals surface area contributed by atoms with Gasteiger partial charge in [-0.15, -0.1) is 0 Å². The Kier molecular flexibility index (Phi) is 4.21. The van der Waals surface area contributed by atoms with Gasteiger partial charge in [0, 0.05) is 5.56 Å². The molecule has 0 radical (unpaired) electrons. The highest BCUT2D eigenvalue weighted by Gasteiger charge is 2.13. The molecule has 0 bridgehead atoms. The molecule has 23 heavy (non-hydrogen) atoms. The molecular formula is C17H11ClF2N2O. The topological polar surface area (TPSA) is 38.9 Å². The Morgan fingerprint density at radius 1 is 1.13 bits per heavy atom. The van der Waals surface area contributed by atoms with Crippen LogP contribution in [-0.2, 0) is 0 Å². The fraction of sp³-hybridized carbons (Fsp3) is 0.0588. The average Bonchev–Trinajstić information content (AvgIpc) is 3.01. The lowest BCUT2D eigenvalue weighted by Gasteiger charge is -1.98. The first-order valence-electron chi connectivity index (χ1n) is 6.77. The molecule has 1 aromatic heterocycles. The zero-order valence-electron chi connectivity index (χ0n) is 12.1. The molecule has 1 heterocycles. The van der Waals surface area contributed by atoms with Crippen molar-refractivity contribution in [3.63, 3.8) is 0 Å². The summed E-state index contributed by atoms with van der Waals surface area (Å²) in [5.41, 5.74) is 2.23. The molecule has 0 spiro atoms. The predicted molar refractivity (Wildman–Crippen MR) is 84.6 cm³/mol. The number of nitrogens with zero attached hydrogens (tertiary/aromatic N) is 2. The average molecular weight is 333 g/mol. The van der Waals surface area contributed by atoms with Crippen LogP contribution in [0.4, 0.5) is 8.78 Å². The SMILES string of the molecule is Cc1ccccc1-c1noc(/C(Cl)=C/c2ccc(F)c(F)c2)n1. The van der Waals surface area contributed by atoms with Gasteiger partial charge in [0.05, 0.1) is 0 Å². The van der Waals surface area contributed by atoms with E-state index in [1.54, 1.807) is 0 Å². The number of rotatable bonds is 3. The van der Waals surface area contributed by atoms with Crippen LogP contribution in [-0.4, -0.2) is 10.1 Å². The molecule has 3 aromatic rings. The summed E-state index contributed by atoms with van der Waals surface area (Å²) in [4.78, 5) is 4.23. The van der Waals surface area contributed by atoms with E-state index in [1.165, 1.54) is 12.1 Å². The summed E-state index contributed by atoms with van der Waals surface area (Å²) in [6.07, 6.45) is 1.43. The van der Waals surface area contributed by atoms with Crippen molar-refractivity contribution < 1.29 is 13.3 Å². The number of hydrogen-bond donors (Lipinski definition) is 0. The quantitative estimate of drug-likeness (QED) is 0.673. The van der Waals surface area contributed by atoms with Crippen molar-refractivity contribution in [2.45, 2.75) is 6.92 Å². The smallest absolute Gasteiger partial charge is 0.269 e. The van der Waals surface area contributed by atoms with Gasteiger partial charge < -0.3 is 4.52 Å². The van der Waals surface area contributed by atoms with Crippen LogP contribution in [0.2, 0.25) is 0 Å². The summed E-state index contributed by atoms with van der Waals surface area (Å²) in [6.45, 7) is 1.93. The van der Waals surface area contributed by atoms with E-state index in [4.69, 9.17) is 16.1 Å². The van der Waals surface area contributed by atoms with Gasteiger partial charge in [0.25, 0.3) is 5.89 Å². The fourth-order valence-corrected chi connectivity index (χ4v) is 2.27. The molecule has 2 aromatic carbocycles. The molecule has 0 amide bonds. The molecule has 0 fully saturated rings. The molecule has 3 rings (SSSR count). The van der Waals surface area contributed by atoms with Crippen molar-refractivity contribution in [1.29, 1.82) is 0 Å². The molecular weight excluding hydrogens is 322 g/mol. The number of halogens is 3. The molecule has 0 aliphatic carbocycles. The largest absolute Gasteiger partial charge is 0.333 e. The van der Waals surface area contributed by atoms with Gasteiger partial charge in [0.1, 0.15) is 5.03 Å². The third-order valence-corrected chi connectivity index (χ3v) is 3.52. The Morgan fingerprint density at radius 2 is 1.91 bits per heavy atom. The first-order valence-corrected chi connectivity index (χ1v) is 7.15. The minimum absolute atomic E-state index is 0.106. The van der Waals surface area contributed by atoms with E-state index < -0.39 is 11.6 Å². The molecule has 3 nitrogen and oxygen atoms in total. The van der Waals surface area contributed by atoms with Crippen molar-refractivity contribution in [2.24, 2.45) is 0 Å². The summed E-state index contributed by atoms with van der Waals surface area (Å²) >= 11 is 6.12. The summed E-state index contributed by atoms with van der Waals surface area (Å²) < 4.78 is 31.3. The summed E-state index contributed by atoms with van der Waals surface area (Å²) in [7, 11) is 0. The third kappa shape index (κ3) is 3.29. The third-order valence-electron chi connectivity index (χ3n) is 3.25. The highest BCUT2D eigenvalue weighted by Crippen LogP contribution is 2.25. The highest BCUT2D eigenvalue weighted by atomic mass is 35.5. The van der Waals surface area contributed by atoms with Gasteiger partial charge in [-0.25, -0.2) is 8.78 Å². The molecule has 0 saturated carbocycles. The maximum Gasteiger partial charge on any atom is 0.269 e. The molecule has 116 valence electrons. The summed E-state index contributed by atoms with van der Waals surface area (Å²) in [6, 6.07) is 11.1. The number of hydrogen-bond acceptors (Lipinski definition) is 3. The Bertz CT molecular complexity index is 890. The van der Waals surface area contributed by atoms with Crippen LogP contribution in [0.3, 0.4) is 0 Å². The van der Waals surface area contributed by atoms with Gasteiger partial charge >= 0.3 is 0 Å². The van der Waals surface area contributed by atoms with Gasteiger partial charge in [0.15, 0.2) is 11.6 Å². The Morgan fingerprint density at radius 3 is 2.65 bits per heavy atom. The van der Waals surface area contributed by atoms with Crippen molar-refractivity contribution in [1.82, 2.24) is 10.1 Å². The molecule has 0 saturated heterocycles. The van der Waals surface area contributed by atoms with Gasteiger partial charge in [-0.1, -0.05) is 47.1 Å². The molecule has 0 aliphatic heterocycles. The molecule has 0 unspecified atom stereocenters. The number of benzene rings is 2. The predicted octanol–water partition coefficient (Wildman–Crippen LogP) is 5.06. The second-order valence-corrected chi connectivity index (χ2v) is 5.31. The minimum Gasteiger partial charge on any atom is -0.333 e. The first kappa shape index (κ1) is 15.4. The minimum atomic E-state index is -0.950. The van der Waals surface area contributed by atoms with E-state index in [9.17, 15) is 8.78 Å². The Labute approximate surface area is 136 Å². The van der Waals surface area contributed by atoms with Gasteiger partial charge in [-0.2, -0.15) is 4.98 Å². The lowest BCUT2D eigenvalue weighted by molar-refractivity contribution is 0.410. The maximum atomic E-state index is 13.2. The number of aromatic nitrogens is 2.